The number of hydrogen-bond acceptors (Lipinski definition) is 3. The Hall–Kier alpha value is -1.07. The Balaban J connectivity index is 1.68. The van der Waals surface area contributed by atoms with Crippen molar-refractivity contribution >= 4 is 15.7 Å². The predicted molar refractivity (Wildman–Crippen MR) is 85.1 cm³/mol. The van der Waals surface area contributed by atoms with Crippen LogP contribution in [0.2, 0.25) is 0 Å². The normalized spacial score (nSPS) is 27.2. The summed E-state index contributed by atoms with van der Waals surface area (Å²) < 4.78 is 26.9. The monoisotopic (exact) mass is 308 g/mol. The van der Waals surface area contributed by atoms with Gasteiger partial charge < -0.3 is 5.73 Å². The van der Waals surface area contributed by atoms with E-state index < -0.39 is 10.0 Å². The van der Waals surface area contributed by atoms with Gasteiger partial charge in [-0.1, -0.05) is 31.4 Å². The van der Waals surface area contributed by atoms with Crippen molar-refractivity contribution < 1.29 is 8.42 Å². The summed E-state index contributed by atoms with van der Waals surface area (Å²) in [4.78, 5) is 0. The van der Waals surface area contributed by atoms with Gasteiger partial charge in [0.1, 0.15) is 0 Å². The minimum Gasteiger partial charge on any atom is -0.399 e. The zero-order valence-corrected chi connectivity index (χ0v) is 13.2. The Morgan fingerprint density at radius 1 is 1.05 bits per heavy atom. The highest BCUT2D eigenvalue weighted by atomic mass is 32.2. The van der Waals surface area contributed by atoms with Crippen LogP contribution in [0, 0.1) is 11.8 Å². The smallest absolute Gasteiger partial charge is 0.218 e. The Kier molecular flexibility index (Phi) is 4.22. The average Bonchev–Trinajstić information content (AvgIpc) is 2.49. The molecule has 2 unspecified atom stereocenters. The molecule has 0 aromatic heterocycles. The Labute approximate surface area is 127 Å². The van der Waals surface area contributed by atoms with E-state index in [0.29, 0.717) is 18.2 Å². The first-order valence-electron chi connectivity index (χ1n) is 7.87. The van der Waals surface area contributed by atoms with E-state index in [-0.39, 0.29) is 5.75 Å². The van der Waals surface area contributed by atoms with Gasteiger partial charge in [-0.2, -0.15) is 0 Å². The first kappa shape index (κ1) is 14.9. The van der Waals surface area contributed by atoms with Gasteiger partial charge in [0.15, 0.2) is 0 Å². The number of benzene rings is 1. The van der Waals surface area contributed by atoms with Gasteiger partial charge in [0.05, 0.1) is 5.75 Å². The van der Waals surface area contributed by atoms with Gasteiger partial charge in [-0.15, -0.1) is 0 Å². The molecule has 2 aliphatic rings. The Bertz CT molecular complexity index is 583. The third-order valence-corrected chi connectivity index (χ3v) is 6.79. The van der Waals surface area contributed by atoms with Crippen LogP contribution in [0.4, 0.5) is 5.69 Å². The second-order valence-corrected chi connectivity index (χ2v) is 8.42. The number of fused-ring (bicyclic) bond motifs is 1. The molecule has 21 heavy (non-hydrogen) atoms. The molecule has 0 amide bonds. The van der Waals surface area contributed by atoms with Crippen molar-refractivity contribution in [1.29, 1.82) is 0 Å². The molecule has 1 heterocycles. The molecule has 1 aromatic carbocycles. The Morgan fingerprint density at radius 3 is 2.43 bits per heavy atom. The summed E-state index contributed by atoms with van der Waals surface area (Å²) in [5, 5.41) is 0. The summed E-state index contributed by atoms with van der Waals surface area (Å²) >= 11 is 0. The third-order valence-electron chi connectivity index (χ3n) is 4.98. The summed E-state index contributed by atoms with van der Waals surface area (Å²) in [6.07, 6.45) is 6.09. The van der Waals surface area contributed by atoms with Crippen molar-refractivity contribution in [2.24, 2.45) is 11.8 Å². The lowest BCUT2D eigenvalue weighted by atomic mass is 9.76. The topological polar surface area (TPSA) is 63.4 Å². The van der Waals surface area contributed by atoms with Crippen molar-refractivity contribution in [2.45, 2.75) is 37.9 Å². The van der Waals surface area contributed by atoms with E-state index in [9.17, 15) is 8.42 Å². The molecule has 2 atom stereocenters. The third kappa shape index (κ3) is 3.40. The maximum atomic E-state index is 12.6. The van der Waals surface area contributed by atoms with Crippen LogP contribution in [0.1, 0.15) is 37.7 Å². The van der Waals surface area contributed by atoms with Gasteiger partial charge in [-0.25, -0.2) is 12.7 Å². The molecule has 2 fully saturated rings. The highest BCUT2D eigenvalue weighted by Crippen LogP contribution is 2.37. The fourth-order valence-corrected chi connectivity index (χ4v) is 5.33. The van der Waals surface area contributed by atoms with Gasteiger partial charge in [0.25, 0.3) is 0 Å². The highest BCUT2D eigenvalue weighted by Gasteiger charge is 2.35. The van der Waals surface area contributed by atoms with E-state index in [1.165, 1.54) is 25.7 Å². The fraction of sp³-hybridized carbons (Fsp3) is 0.625. The summed E-state index contributed by atoms with van der Waals surface area (Å²) in [6.45, 7) is 1.42. The minimum absolute atomic E-state index is 0.0880. The lowest BCUT2D eigenvalue weighted by Crippen LogP contribution is -2.45. The quantitative estimate of drug-likeness (QED) is 0.873. The van der Waals surface area contributed by atoms with E-state index in [1.807, 2.05) is 0 Å². The summed E-state index contributed by atoms with van der Waals surface area (Å²) in [5.74, 6) is 1.42. The van der Waals surface area contributed by atoms with Gasteiger partial charge in [0.2, 0.25) is 10.0 Å². The number of nitrogens with two attached hydrogens (primary N) is 1. The van der Waals surface area contributed by atoms with Crippen molar-refractivity contribution in [3.05, 3.63) is 29.8 Å². The van der Waals surface area contributed by atoms with Crippen LogP contribution >= 0.6 is 0 Å². The largest absolute Gasteiger partial charge is 0.399 e. The molecule has 5 heteroatoms. The molecule has 1 saturated carbocycles. The maximum absolute atomic E-state index is 12.6. The molecule has 4 nitrogen and oxygen atoms in total. The number of nitrogen functional groups attached to an aromatic ring is 1. The van der Waals surface area contributed by atoms with Crippen LogP contribution < -0.4 is 5.73 Å². The fourth-order valence-electron chi connectivity index (χ4n) is 3.74. The lowest BCUT2D eigenvalue weighted by molar-refractivity contribution is 0.136. The number of anilines is 1. The Morgan fingerprint density at radius 2 is 1.71 bits per heavy atom. The van der Waals surface area contributed by atoms with Crippen molar-refractivity contribution in [2.75, 3.05) is 18.8 Å². The van der Waals surface area contributed by atoms with Gasteiger partial charge in [-0.05, 0) is 42.4 Å². The molecular formula is C16H24N2O2S. The highest BCUT2D eigenvalue weighted by molar-refractivity contribution is 7.88. The zero-order valence-electron chi connectivity index (χ0n) is 12.4. The first-order chi connectivity index (χ1) is 10.0. The molecule has 0 radical (unpaired) electrons. The molecule has 2 N–H and O–H groups in total. The molecule has 116 valence electrons. The van der Waals surface area contributed by atoms with Crippen LogP contribution in [0.5, 0.6) is 0 Å². The molecule has 0 spiro atoms. The van der Waals surface area contributed by atoms with E-state index in [0.717, 1.165) is 24.4 Å². The van der Waals surface area contributed by atoms with E-state index in [1.54, 1.807) is 28.6 Å². The molecule has 3 rings (SSSR count). The SMILES string of the molecule is Nc1ccc(CS(=O)(=O)N2CCC3CCCCC3C2)cc1. The molecule has 1 aliphatic carbocycles. The number of sulfonamides is 1. The molecule has 1 aromatic rings. The van der Waals surface area contributed by atoms with E-state index >= 15 is 0 Å². The van der Waals surface area contributed by atoms with Gasteiger partial charge >= 0.3 is 0 Å². The van der Waals surface area contributed by atoms with Crippen LogP contribution in [-0.4, -0.2) is 25.8 Å². The summed E-state index contributed by atoms with van der Waals surface area (Å²) in [5.41, 5.74) is 7.13. The van der Waals surface area contributed by atoms with E-state index in [2.05, 4.69) is 0 Å². The summed E-state index contributed by atoms with van der Waals surface area (Å²) in [7, 11) is -3.21. The van der Waals surface area contributed by atoms with Gasteiger partial charge in [-0.3, -0.25) is 0 Å². The summed E-state index contributed by atoms with van der Waals surface area (Å²) in [6, 6.07) is 7.14. The molecule has 1 aliphatic heterocycles. The number of nitrogens with zero attached hydrogens (tertiary/aromatic N) is 1. The second kappa shape index (κ2) is 5.97. The maximum Gasteiger partial charge on any atom is 0.218 e. The van der Waals surface area contributed by atoms with Crippen molar-refractivity contribution in [3.8, 4) is 0 Å². The lowest BCUT2D eigenvalue weighted by Gasteiger charge is -2.40. The predicted octanol–water partition coefficient (Wildman–Crippen LogP) is 2.61. The number of rotatable bonds is 3. The van der Waals surface area contributed by atoms with Crippen molar-refractivity contribution in [1.82, 2.24) is 4.31 Å². The number of piperidine rings is 1. The second-order valence-electron chi connectivity index (χ2n) is 6.45. The number of hydrogen-bond donors (Lipinski definition) is 1. The van der Waals surface area contributed by atoms with Crippen LogP contribution in [0.25, 0.3) is 0 Å². The average molecular weight is 308 g/mol. The van der Waals surface area contributed by atoms with Crippen LogP contribution in [-0.2, 0) is 15.8 Å². The minimum atomic E-state index is -3.21. The zero-order chi connectivity index (χ0) is 14.9. The van der Waals surface area contributed by atoms with Crippen LogP contribution in [0.15, 0.2) is 24.3 Å². The van der Waals surface area contributed by atoms with Gasteiger partial charge in [0, 0.05) is 18.8 Å². The first-order valence-corrected chi connectivity index (χ1v) is 9.48. The standard InChI is InChI=1S/C16H24N2O2S/c17-16-7-5-13(6-8-16)12-21(19,20)18-10-9-14-3-1-2-4-15(14)11-18/h5-8,14-15H,1-4,9-12,17H2. The molecular weight excluding hydrogens is 284 g/mol. The van der Waals surface area contributed by atoms with Crippen LogP contribution in [0.3, 0.4) is 0 Å². The van der Waals surface area contributed by atoms with E-state index in [4.69, 9.17) is 5.73 Å². The molecule has 0 bridgehead atoms. The molecule has 1 saturated heterocycles. The van der Waals surface area contributed by atoms with Crippen molar-refractivity contribution in [3.63, 3.8) is 0 Å².